The molecule has 2 aromatic rings. The number of benzene rings is 1. The Kier molecular flexibility index (Phi) is 7.63. The fourth-order valence-electron chi connectivity index (χ4n) is 3.77. The van der Waals surface area contributed by atoms with E-state index in [9.17, 15) is 14.4 Å². The van der Waals surface area contributed by atoms with Gasteiger partial charge in [0.2, 0.25) is 5.91 Å². The Labute approximate surface area is 181 Å². The lowest BCUT2D eigenvalue weighted by Crippen LogP contribution is -2.32. The van der Waals surface area contributed by atoms with Gasteiger partial charge in [0.05, 0.1) is 11.6 Å². The van der Waals surface area contributed by atoms with E-state index in [-0.39, 0.29) is 24.5 Å². The van der Waals surface area contributed by atoms with E-state index in [4.69, 9.17) is 4.74 Å². The lowest BCUT2D eigenvalue weighted by Gasteiger charge is -2.19. The molecule has 1 aromatic heterocycles. The highest BCUT2D eigenvalue weighted by atomic mass is 32.1. The summed E-state index contributed by atoms with van der Waals surface area (Å²) in [5.74, 6) is -1.12. The van der Waals surface area contributed by atoms with Crippen LogP contribution >= 0.6 is 11.3 Å². The number of carbonyl (C=O) groups excluding carboxylic acids is 3. The van der Waals surface area contributed by atoms with Gasteiger partial charge in [-0.25, -0.2) is 4.79 Å². The number of amides is 2. The second-order valence-electron chi connectivity index (χ2n) is 7.49. The van der Waals surface area contributed by atoms with Gasteiger partial charge in [0.25, 0.3) is 5.91 Å². The number of carbonyl (C=O) groups is 3. The number of hydrogen-bond donors (Lipinski definition) is 2. The SMILES string of the molecule is CCCC(NC(=O)COC(=O)c1c(NC(C)=O)sc2c1CCCC2)c1ccccc1. The first kappa shape index (κ1) is 22.0. The Morgan fingerprint density at radius 2 is 1.87 bits per heavy atom. The van der Waals surface area contributed by atoms with Gasteiger partial charge in [-0.3, -0.25) is 9.59 Å². The molecule has 1 unspecified atom stereocenters. The number of aryl methyl sites for hydroxylation is 1. The topological polar surface area (TPSA) is 84.5 Å². The third-order valence-corrected chi connectivity index (χ3v) is 6.32. The van der Waals surface area contributed by atoms with Crippen LogP contribution in [0.5, 0.6) is 0 Å². The molecule has 1 aliphatic carbocycles. The number of anilines is 1. The van der Waals surface area contributed by atoms with Gasteiger partial charge in [-0.05, 0) is 43.2 Å². The smallest absolute Gasteiger partial charge is 0.341 e. The predicted octanol–water partition coefficient (Wildman–Crippen LogP) is 4.40. The molecule has 2 amide bonds. The summed E-state index contributed by atoms with van der Waals surface area (Å²) in [6.45, 7) is 3.13. The van der Waals surface area contributed by atoms with Crippen LogP contribution in [0.25, 0.3) is 0 Å². The van der Waals surface area contributed by atoms with E-state index in [0.29, 0.717) is 10.6 Å². The molecule has 3 rings (SSSR count). The Hall–Kier alpha value is -2.67. The van der Waals surface area contributed by atoms with Crippen LogP contribution in [-0.2, 0) is 27.2 Å². The third-order valence-electron chi connectivity index (χ3n) is 5.11. The van der Waals surface area contributed by atoms with Gasteiger partial charge in [0, 0.05) is 11.8 Å². The van der Waals surface area contributed by atoms with Crippen molar-refractivity contribution in [3.8, 4) is 0 Å². The predicted molar refractivity (Wildman–Crippen MR) is 118 cm³/mol. The van der Waals surface area contributed by atoms with Crippen LogP contribution in [0, 0.1) is 0 Å². The van der Waals surface area contributed by atoms with Gasteiger partial charge >= 0.3 is 5.97 Å². The molecule has 0 radical (unpaired) electrons. The Morgan fingerprint density at radius 3 is 2.57 bits per heavy atom. The van der Waals surface area contributed by atoms with E-state index in [1.807, 2.05) is 30.3 Å². The molecular formula is C23H28N2O4S. The van der Waals surface area contributed by atoms with Gasteiger partial charge in [-0.2, -0.15) is 0 Å². The van der Waals surface area contributed by atoms with Crippen LogP contribution < -0.4 is 10.6 Å². The van der Waals surface area contributed by atoms with Gasteiger partial charge < -0.3 is 15.4 Å². The van der Waals surface area contributed by atoms with E-state index in [0.717, 1.165) is 54.5 Å². The molecule has 6 nitrogen and oxygen atoms in total. The minimum Gasteiger partial charge on any atom is -0.452 e. The summed E-state index contributed by atoms with van der Waals surface area (Å²) in [6, 6.07) is 9.64. The van der Waals surface area contributed by atoms with Crippen LogP contribution in [0.2, 0.25) is 0 Å². The van der Waals surface area contributed by atoms with Gasteiger partial charge in [-0.15, -0.1) is 11.3 Å². The van der Waals surface area contributed by atoms with Crippen LogP contribution in [0.1, 0.15) is 71.9 Å². The minimum absolute atomic E-state index is 0.119. The summed E-state index contributed by atoms with van der Waals surface area (Å²) in [5, 5.41) is 6.23. The molecule has 2 N–H and O–H groups in total. The monoisotopic (exact) mass is 428 g/mol. The van der Waals surface area contributed by atoms with Crippen molar-refractivity contribution in [1.82, 2.24) is 5.32 Å². The molecule has 1 aliphatic rings. The molecule has 30 heavy (non-hydrogen) atoms. The minimum atomic E-state index is -0.556. The second-order valence-corrected chi connectivity index (χ2v) is 8.60. The zero-order chi connectivity index (χ0) is 21.5. The first-order valence-corrected chi connectivity index (χ1v) is 11.2. The number of ether oxygens (including phenoxy) is 1. The maximum atomic E-state index is 12.8. The van der Waals surface area contributed by atoms with Crippen molar-refractivity contribution in [3.05, 3.63) is 51.9 Å². The molecule has 0 bridgehead atoms. The summed E-state index contributed by atoms with van der Waals surface area (Å²) in [7, 11) is 0. The summed E-state index contributed by atoms with van der Waals surface area (Å²) in [5.41, 5.74) is 2.39. The molecule has 0 spiro atoms. The molecule has 1 aromatic carbocycles. The molecular weight excluding hydrogens is 400 g/mol. The zero-order valence-electron chi connectivity index (χ0n) is 17.5. The van der Waals surface area contributed by atoms with Crippen molar-refractivity contribution in [3.63, 3.8) is 0 Å². The van der Waals surface area contributed by atoms with Crippen LogP contribution in [0.4, 0.5) is 5.00 Å². The van der Waals surface area contributed by atoms with Crippen molar-refractivity contribution >= 4 is 34.1 Å². The molecule has 0 saturated carbocycles. The summed E-state index contributed by atoms with van der Waals surface area (Å²) in [6.07, 6.45) is 5.47. The zero-order valence-corrected chi connectivity index (χ0v) is 18.3. The lowest BCUT2D eigenvalue weighted by atomic mass is 9.95. The molecule has 7 heteroatoms. The average molecular weight is 429 g/mol. The quantitative estimate of drug-likeness (QED) is 0.611. The number of nitrogens with one attached hydrogen (secondary N) is 2. The summed E-state index contributed by atoms with van der Waals surface area (Å²) in [4.78, 5) is 38.0. The first-order chi connectivity index (χ1) is 14.5. The Morgan fingerprint density at radius 1 is 1.13 bits per heavy atom. The van der Waals surface area contributed by atoms with Crippen molar-refractivity contribution in [2.75, 3.05) is 11.9 Å². The first-order valence-electron chi connectivity index (χ1n) is 10.4. The van der Waals surface area contributed by atoms with Gasteiger partial charge in [0.1, 0.15) is 5.00 Å². The lowest BCUT2D eigenvalue weighted by molar-refractivity contribution is -0.125. The number of rotatable bonds is 8. The molecule has 0 fully saturated rings. The van der Waals surface area contributed by atoms with Crippen molar-refractivity contribution < 1.29 is 19.1 Å². The second kappa shape index (κ2) is 10.4. The largest absolute Gasteiger partial charge is 0.452 e. The number of esters is 1. The maximum absolute atomic E-state index is 12.8. The van der Waals surface area contributed by atoms with E-state index in [1.54, 1.807) is 0 Å². The fraction of sp³-hybridized carbons (Fsp3) is 0.435. The Bertz CT molecular complexity index is 907. The number of fused-ring (bicyclic) bond motifs is 1. The van der Waals surface area contributed by atoms with Crippen LogP contribution in [0.15, 0.2) is 30.3 Å². The van der Waals surface area contributed by atoms with Crippen molar-refractivity contribution in [1.29, 1.82) is 0 Å². The highest BCUT2D eigenvalue weighted by Gasteiger charge is 2.27. The van der Waals surface area contributed by atoms with Crippen LogP contribution in [-0.4, -0.2) is 24.4 Å². The van der Waals surface area contributed by atoms with Gasteiger partial charge in [0.15, 0.2) is 6.61 Å². The van der Waals surface area contributed by atoms with Crippen LogP contribution in [0.3, 0.4) is 0 Å². The summed E-state index contributed by atoms with van der Waals surface area (Å²) < 4.78 is 5.36. The highest BCUT2D eigenvalue weighted by molar-refractivity contribution is 7.17. The molecule has 0 saturated heterocycles. The normalized spacial score (nSPS) is 13.8. The fourth-order valence-corrected chi connectivity index (χ4v) is 5.09. The third kappa shape index (κ3) is 5.48. The van der Waals surface area contributed by atoms with E-state index >= 15 is 0 Å². The van der Waals surface area contributed by atoms with E-state index in [2.05, 4.69) is 17.6 Å². The Balaban J connectivity index is 1.67. The van der Waals surface area contributed by atoms with Gasteiger partial charge in [-0.1, -0.05) is 43.7 Å². The number of hydrogen-bond acceptors (Lipinski definition) is 5. The molecule has 1 atom stereocenters. The molecule has 160 valence electrons. The number of thiophene rings is 1. The average Bonchev–Trinajstić information content (AvgIpc) is 3.09. The van der Waals surface area contributed by atoms with E-state index < -0.39 is 5.97 Å². The van der Waals surface area contributed by atoms with Crippen molar-refractivity contribution in [2.24, 2.45) is 0 Å². The molecule has 1 heterocycles. The maximum Gasteiger partial charge on any atom is 0.341 e. The van der Waals surface area contributed by atoms with E-state index in [1.165, 1.54) is 18.3 Å². The highest BCUT2D eigenvalue weighted by Crippen LogP contribution is 2.38. The molecule has 0 aliphatic heterocycles. The standard InChI is InChI=1S/C23H28N2O4S/c1-3-9-18(16-10-5-4-6-11-16)25-20(27)14-29-23(28)21-17-12-7-8-13-19(17)30-22(21)24-15(2)26/h4-6,10-11,18H,3,7-9,12-14H2,1-2H3,(H,24,26)(H,25,27). The summed E-state index contributed by atoms with van der Waals surface area (Å²) >= 11 is 1.43. The van der Waals surface area contributed by atoms with Crippen molar-refractivity contribution in [2.45, 2.75) is 58.4 Å².